The summed E-state index contributed by atoms with van der Waals surface area (Å²) in [4.78, 5) is 26.2. The summed E-state index contributed by atoms with van der Waals surface area (Å²) in [7, 11) is -3.67. The molecule has 3 rings (SSSR count). The fraction of sp³-hybridized carbons (Fsp3) is 0.263. The second-order valence-electron chi connectivity index (χ2n) is 6.38. The summed E-state index contributed by atoms with van der Waals surface area (Å²) < 4.78 is 26.8. The van der Waals surface area contributed by atoms with Crippen LogP contribution in [0.2, 0.25) is 5.02 Å². The van der Waals surface area contributed by atoms with Gasteiger partial charge in [0.15, 0.2) is 0 Å². The summed E-state index contributed by atoms with van der Waals surface area (Å²) in [5.41, 5.74) is 0.763. The lowest BCUT2D eigenvalue weighted by molar-refractivity contribution is -0.126. The number of hydrogen-bond donors (Lipinski definition) is 2. The Morgan fingerprint density at radius 2 is 1.75 bits per heavy atom. The number of para-hydroxylation sites is 1. The van der Waals surface area contributed by atoms with Crippen molar-refractivity contribution in [1.82, 2.24) is 10.0 Å². The number of hydrogen-bond acceptors (Lipinski definition) is 4. The number of carbonyl (C=O) groups excluding carboxylic acids is 2. The van der Waals surface area contributed by atoms with E-state index in [4.69, 9.17) is 11.6 Å². The van der Waals surface area contributed by atoms with Crippen molar-refractivity contribution in [3.63, 3.8) is 0 Å². The first kappa shape index (κ1) is 20.3. The summed E-state index contributed by atoms with van der Waals surface area (Å²) in [6, 6.07) is 15.0. The van der Waals surface area contributed by atoms with Gasteiger partial charge in [-0.2, -0.15) is 0 Å². The van der Waals surface area contributed by atoms with Gasteiger partial charge < -0.3 is 10.2 Å². The van der Waals surface area contributed by atoms with Gasteiger partial charge in [-0.3, -0.25) is 9.59 Å². The molecule has 1 fully saturated rings. The molecule has 1 aliphatic rings. The Kier molecular flexibility index (Phi) is 6.33. The van der Waals surface area contributed by atoms with Crippen LogP contribution in [0, 0.1) is 5.92 Å². The molecular formula is C19H20ClN3O4S. The number of nitrogens with one attached hydrogen (secondary N) is 2. The summed E-state index contributed by atoms with van der Waals surface area (Å²) in [5, 5.41) is 3.13. The molecule has 1 saturated heterocycles. The predicted octanol–water partition coefficient (Wildman–Crippen LogP) is 1.79. The van der Waals surface area contributed by atoms with Crippen LogP contribution in [-0.4, -0.2) is 39.9 Å². The number of anilines is 1. The molecule has 1 aliphatic heterocycles. The number of benzene rings is 2. The van der Waals surface area contributed by atoms with Crippen molar-refractivity contribution in [3.05, 3.63) is 59.6 Å². The minimum Gasteiger partial charge on any atom is -0.354 e. The van der Waals surface area contributed by atoms with Crippen molar-refractivity contribution in [3.8, 4) is 0 Å². The number of sulfonamides is 1. The third kappa shape index (κ3) is 4.89. The zero-order chi connectivity index (χ0) is 20.1. The van der Waals surface area contributed by atoms with Crippen LogP contribution >= 0.6 is 11.6 Å². The highest BCUT2D eigenvalue weighted by molar-refractivity contribution is 7.89. The van der Waals surface area contributed by atoms with Crippen molar-refractivity contribution in [2.45, 2.75) is 11.3 Å². The summed E-state index contributed by atoms with van der Waals surface area (Å²) in [6.45, 7) is 0.479. The highest BCUT2D eigenvalue weighted by Crippen LogP contribution is 2.24. The van der Waals surface area contributed by atoms with Gasteiger partial charge in [0, 0.05) is 36.8 Å². The van der Waals surface area contributed by atoms with Gasteiger partial charge >= 0.3 is 0 Å². The number of halogens is 1. The molecule has 0 bridgehead atoms. The molecule has 1 atom stereocenters. The lowest BCUT2D eigenvalue weighted by Gasteiger charge is -2.16. The van der Waals surface area contributed by atoms with E-state index in [9.17, 15) is 18.0 Å². The van der Waals surface area contributed by atoms with Crippen molar-refractivity contribution in [1.29, 1.82) is 0 Å². The lowest BCUT2D eigenvalue weighted by atomic mass is 10.1. The maximum absolute atomic E-state index is 12.3. The first-order chi connectivity index (χ1) is 13.4. The second kappa shape index (κ2) is 8.72. The van der Waals surface area contributed by atoms with Crippen molar-refractivity contribution in [2.24, 2.45) is 5.92 Å². The van der Waals surface area contributed by atoms with Gasteiger partial charge in [-0.05, 0) is 36.4 Å². The topological polar surface area (TPSA) is 95.6 Å². The molecule has 0 aliphatic carbocycles. The van der Waals surface area contributed by atoms with Crippen LogP contribution in [0.4, 0.5) is 5.69 Å². The Hall–Kier alpha value is -2.42. The molecule has 2 aromatic rings. The van der Waals surface area contributed by atoms with E-state index in [0.717, 1.165) is 5.69 Å². The van der Waals surface area contributed by atoms with E-state index in [1.807, 2.05) is 30.3 Å². The largest absolute Gasteiger partial charge is 0.354 e. The average Bonchev–Trinajstić information content (AvgIpc) is 3.08. The molecule has 2 aromatic carbocycles. The van der Waals surface area contributed by atoms with E-state index in [0.29, 0.717) is 11.6 Å². The Balaban J connectivity index is 1.47. The van der Waals surface area contributed by atoms with E-state index in [2.05, 4.69) is 10.0 Å². The fourth-order valence-corrected chi connectivity index (χ4v) is 4.11. The highest BCUT2D eigenvalue weighted by Gasteiger charge is 2.34. The second-order valence-corrected chi connectivity index (χ2v) is 8.59. The first-order valence-electron chi connectivity index (χ1n) is 8.75. The monoisotopic (exact) mass is 421 g/mol. The van der Waals surface area contributed by atoms with E-state index >= 15 is 0 Å². The molecule has 0 radical (unpaired) electrons. The van der Waals surface area contributed by atoms with Crippen molar-refractivity contribution in [2.75, 3.05) is 24.5 Å². The Morgan fingerprint density at radius 3 is 2.43 bits per heavy atom. The predicted molar refractivity (Wildman–Crippen MR) is 107 cm³/mol. The Morgan fingerprint density at radius 1 is 1.07 bits per heavy atom. The molecular weight excluding hydrogens is 402 g/mol. The summed E-state index contributed by atoms with van der Waals surface area (Å²) in [6.07, 6.45) is 0.136. The third-order valence-corrected chi connectivity index (χ3v) is 6.13. The number of carbonyl (C=O) groups is 2. The third-order valence-electron chi connectivity index (χ3n) is 4.40. The van der Waals surface area contributed by atoms with Crippen LogP contribution in [0.25, 0.3) is 0 Å². The van der Waals surface area contributed by atoms with Crippen LogP contribution in [-0.2, 0) is 19.6 Å². The quantitative estimate of drug-likeness (QED) is 0.666. The van der Waals surface area contributed by atoms with Gasteiger partial charge in [-0.25, -0.2) is 13.1 Å². The number of nitrogens with zero attached hydrogens (tertiary/aromatic N) is 1. The molecule has 1 unspecified atom stereocenters. The summed E-state index contributed by atoms with van der Waals surface area (Å²) in [5.74, 6) is -0.826. The Bertz CT molecular complexity index is 949. The number of rotatable bonds is 7. The van der Waals surface area contributed by atoms with Crippen LogP contribution in [0.15, 0.2) is 59.5 Å². The minimum absolute atomic E-state index is 0.0414. The number of amides is 2. The molecule has 2 amide bonds. The Labute approximate surface area is 168 Å². The zero-order valence-electron chi connectivity index (χ0n) is 15.0. The standard InChI is InChI=1S/C19H20ClN3O4S/c20-15-6-8-17(9-7-15)28(26,27)22-11-10-21-19(25)14-12-18(24)23(13-14)16-4-2-1-3-5-16/h1-9,14,22H,10-13H2,(H,21,25). The first-order valence-corrected chi connectivity index (χ1v) is 10.6. The van der Waals surface area contributed by atoms with Gasteiger partial charge in [-0.15, -0.1) is 0 Å². The van der Waals surface area contributed by atoms with Crippen LogP contribution in [0.5, 0.6) is 0 Å². The maximum Gasteiger partial charge on any atom is 0.240 e. The lowest BCUT2D eigenvalue weighted by Crippen LogP contribution is -2.38. The molecule has 28 heavy (non-hydrogen) atoms. The van der Waals surface area contributed by atoms with Crippen molar-refractivity contribution >= 4 is 39.1 Å². The average molecular weight is 422 g/mol. The van der Waals surface area contributed by atoms with E-state index in [1.165, 1.54) is 24.3 Å². The van der Waals surface area contributed by atoms with E-state index < -0.39 is 15.9 Å². The van der Waals surface area contributed by atoms with Gasteiger partial charge in [0.25, 0.3) is 0 Å². The molecule has 2 N–H and O–H groups in total. The fourth-order valence-electron chi connectivity index (χ4n) is 2.95. The molecule has 0 aromatic heterocycles. The van der Waals surface area contributed by atoms with Gasteiger partial charge in [-0.1, -0.05) is 29.8 Å². The molecule has 0 spiro atoms. The SMILES string of the molecule is O=C(NCCNS(=O)(=O)c1ccc(Cl)cc1)C1CC(=O)N(c2ccccc2)C1. The maximum atomic E-state index is 12.3. The molecule has 1 heterocycles. The van der Waals surface area contributed by atoms with Gasteiger partial charge in [0.05, 0.1) is 10.8 Å². The van der Waals surface area contributed by atoms with E-state index in [1.54, 1.807) is 4.90 Å². The van der Waals surface area contributed by atoms with Gasteiger partial charge in [0.2, 0.25) is 21.8 Å². The summed E-state index contributed by atoms with van der Waals surface area (Å²) >= 11 is 5.76. The molecule has 148 valence electrons. The molecule has 9 heteroatoms. The highest BCUT2D eigenvalue weighted by atomic mass is 35.5. The molecule has 7 nitrogen and oxygen atoms in total. The normalized spacial score (nSPS) is 17.0. The van der Waals surface area contributed by atoms with E-state index in [-0.39, 0.29) is 36.2 Å². The minimum atomic E-state index is -3.67. The zero-order valence-corrected chi connectivity index (χ0v) is 16.5. The van der Waals surface area contributed by atoms with Crippen molar-refractivity contribution < 1.29 is 18.0 Å². The van der Waals surface area contributed by atoms with Crippen LogP contribution in [0.1, 0.15) is 6.42 Å². The van der Waals surface area contributed by atoms with Gasteiger partial charge in [0.1, 0.15) is 0 Å². The van der Waals surface area contributed by atoms with Crippen LogP contribution < -0.4 is 14.9 Å². The van der Waals surface area contributed by atoms with Crippen LogP contribution in [0.3, 0.4) is 0 Å². The molecule has 0 saturated carbocycles. The smallest absolute Gasteiger partial charge is 0.240 e.